The van der Waals surface area contributed by atoms with E-state index in [0.29, 0.717) is 36.0 Å². The molecular formula is C18H21NO4S. The fourth-order valence-electron chi connectivity index (χ4n) is 2.66. The molecule has 1 aliphatic heterocycles. The van der Waals surface area contributed by atoms with Gasteiger partial charge in [-0.2, -0.15) is 0 Å². The molecule has 0 saturated heterocycles. The Balaban J connectivity index is 1.86. The van der Waals surface area contributed by atoms with Crippen LogP contribution in [0.3, 0.4) is 0 Å². The van der Waals surface area contributed by atoms with E-state index in [1.54, 1.807) is 30.6 Å². The summed E-state index contributed by atoms with van der Waals surface area (Å²) in [6, 6.07) is 7.40. The number of fused-ring (bicyclic) bond motifs is 1. The maximum Gasteiger partial charge on any atom is 0.252 e. The first kappa shape index (κ1) is 16.6. The standard InChI is InChI=1S/C18H21NO4S/c1-11(2)16(15-5-4-8-24-15)19-18(20)12-9-13(21-3)17-14(10-12)22-6-7-23-17/h4-5,8-11,16H,6-7H2,1-3H3,(H,19,20)/t16-/m0/s1. The van der Waals surface area contributed by atoms with Crippen LogP contribution in [0.2, 0.25) is 0 Å². The Labute approximate surface area is 145 Å². The zero-order chi connectivity index (χ0) is 17.1. The topological polar surface area (TPSA) is 56.8 Å². The predicted octanol–water partition coefficient (Wildman–Crippen LogP) is 3.66. The molecule has 6 heteroatoms. The smallest absolute Gasteiger partial charge is 0.252 e. The second-order valence-corrected chi connectivity index (χ2v) is 6.89. The van der Waals surface area contributed by atoms with Crippen LogP contribution in [0.15, 0.2) is 29.6 Å². The van der Waals surface area contributed by atoms with Crippen molar-refractivity contribution in [1.82, 2.24) is 5.32 Å². The van der Waals surface area contributed by atoms with Crippen molar-refractivity contribution in [3.05, 3.63) is 40.1 Å². The summed E-state index contributed by atoms with van der Waals surface area (Å²) in [6.45, 7) is 5.12. The number of thiophene rings is 1. The highest BCUT2D eigenvalue weighted by Crippen LogP contribution is 2.40. The van der Waals surface area contributed by atoms with E-state index in [-0.39, 0.29) is 17.9 Å². The maximum atomic E-state index is 12.8. The molecular weight excluding hydrogens is 326 g/mol. The van der Waals surface area contributed by atoms with Gasteiger partial charge in [-0.15, -0.1) is 11.3 Å². The second-order valence-electron chi connectivity index (χ2n) is 5.91. The van der Waals surface area contributed by atoms with Gasteiger partial charge in [-0.3, -0.25) is 4.79 Å². The highest BCUT2D eigenvalue weighted by Gasteiger charge is 2.24. The maximum absolute atomic E-state index is 12.8. The molecule has 0 unspecified atom stereocenters. The van der Waals surface area contributed by atoms with E-state index in [0.717, 1.165) is 4.88 Å². The summed E-state index contributed by atoms with van der Waals surface area (Å²) in [5, 5.41) is 5.13. The quantitative estimate of drug-likeness (QED) is 0.897. The average Bonchev–Trinajstić information content (AvgIpc) is 3.12. The molecule has 2 aromatic rings. The summed E-state index contributed by atoms with van der Waals surface area (Å²) in [7, 11) is 1.55. The van der Waals surface area contributed by atoms with Gasteiger partial charge in [0, 0.05) is 10.4 Å². The molecule has 0 fully saturated rings. The number of hydrogen-bond acceptors (Lipinski definition) is 5. The Morgan fingerprint density at radius 3 is 2.75 bits per heavy atom. The van der Waals surface area contributed by atoms with Gasteiger partial charge in [-0.1, -0.05) is 19.9 Å². The minimum atomic E-state index is -0.155. The second kappa shape index (κ2) is 7.13. The lowest BCUT2D eigenvalue weighted by Gasteiger charge is -2.23. The third-order valence-electron chi connectivity index (χ3n) is 3.89. The number of benzene rings is 1. The van der Waals surface area contributed by atoms with Gasteiger partial charge in [0.25, 0.3) is 5.91 Å². The zero-order valence-electron chi connectivity index (χ0n) is 14.0. The minimum absolute atomic E-state index is 0.0308. The molecule has 1 N–H and O–H groups in total. The first-order valence-corrected chi connectivity index (χ1v) is 8.80. The number of methoxy groups -OCH3 is 1. The lowest BCUT2D eigenvalue weighted by atomic mass is 10.0. The molecule has 1 amide bonds. The van der Waals surface area contributed by atoms with Crippen LogP contribution in [-0.4, -0.2) is 26.2 Å². The molecule has 5 nitrogen and oxygen atoms in total. The van der Waals surface area contributed by atoms with Gasteiger partial charge in [0.1, 0.15) is 13.2 Å². The van der Waals surface area contributed by atoms with Gasteiger partial charge in [-0.25, -0.2) is 0 Å². The number of carbonyl (C=O) groups excluding carboxylic acids is 1. The number of carbonyl (C=O) groups is 1. The van der Waals surface area contributed by atoms with Gasteiger partial charge >= 0.3 is 0 Å². The van der Waals surface area contributed by atoms with Crippen LogP contribution >= 0.6 is 11.3 Å². The van der Waals surface area contributed by atoms with Crippen molar-refractivity contribution >= 4 is 17.2 Å². The number of rotatable bonds is 5. The predicted molar refractivity (Wildman–Crippen MR) is 93.3 cm³/mol. The van der Waals surface area contributed by atoms with Gasteiger partial charge in [0.05, 0.1) is 13.2 Å². The lowest BCUT2D eigenvalue weighted by molar-refractivity contribution is 0.0924. The molecule has 0 aliphatic carbocycles. The summed E-state index contributed by atoms with van der Waals surface area (Å²) in [5.74, 6) is 1.74. The number of amides is 1. The van der Waals surface area contributed by atoms with Crippen molar-refractivity contribution in [2.24, 2.45) is 5.92 Å². The van der Waals surface area contributed by atoms with Crippen LogP contribution in [0.5, 0.6) is 17.2 Å². The fraction of sp³-hybridized carbons (Fsp3) is 0.389. The molecule has 128 valence electrons. The van der Waals surface area contributed by atoms with E-state index in [1.807, 2.05) is 17.5 Å². The molecule has 1 aromatic heterocycles. The van der Waals surface area contributed by atoms with Crippen LogP contribution in [0.25, 0.3) is 0 Å². The van der Waals surface area contributed by atoms with Gasteiger partial charge in [0.2, 0.25) is 5.75 Å². The van der Waals surface area contributed by atoms with Crippen LogP contribution in [0, 0.1) is 5.92 Å². The monoisotopic (exact) mass is 347 g/mol. The summed E-state index contributed by atoms with van der Waals surface area (Å²) in [4.78, 5) is 13.9. The third-order valence-corrected chi connectivity index (χ3v) is 4.85. The Hall–Kier alpha value is -2.21. The summed E-state index contributed by atoms with van der Waals surface area (Å²) >= 11 is 1.64. The largest absolute Gasteiger partial charge is 0.493 e. The molecule has 0 saturated carbocycles. The first-order valence-electron chi connectivity index (χ1n) is 7.92. The Morgan fingerprint density at radius 2 is 2.08 bits per heavy atom. The van der Waals surface area contributed by atoms with E-state index >= 15 is 0 Å². The highest BCUT2D eigenvalue weighted by molar-refractivity contribution is 7.10. The highest BCUT2D eigenvalue weighted by atomic mass is 32.1. The van der Waals surface area contributed by atoms with Crippen molar-refractivity contribution in [3.8, 4) is 17.2 Å². The van der Waals surface area contributed by atoms with Crippen molar-refractivity contribution in [3.63, 3.8) is 0 Å². The molecule has 0 spiro atoms. The van der Waals surface area contributed by atoms with E-state index in [9.17, 15) is 4.79 Å². The average molecular weight is 347 g/mol. The summed E-state index contributed by atoms with van der Waals surface area (Å²) in [6.07, 6.45) is 0. The molecule has 3 rings (SSSR count). The molecule has 0 bridgehead atoms. The Kier molecular flexibility index (Phi) is 4.94. The number of nitrogens with one attached hydrogen (secondary N) is 1. The summed E-state index contributed by atoms with van der Waals surface area (Å²) in [5.41, 5.74) is 0.498. The molecule has 1 aliphatic rings. The van der Waals surface area contributed by atoms with E-state index in [4.69, 9.17) is 14.2 Å². The van der Waals surface area contributed by atoms with E-state index < -0.39 is 0 Å². The number of hydrogen-bond donors (Lipinski definition) is 1. The third kappa shape index (κ3) is 3.33. The van der Waals surface area contributed by atoms with Gasteiger partial charge < -0.3 is 19.5 Å². The van der Waals surface area contributed by atoms with Crippen LogP contribution in [0.1, 0.15) is 35.1 Å². The molecule has 1 atom stereocenters. The van der Waals surface area contributed by atoms with Crippen LogP contribution in [0.4, 0.5) is 0 Å². The Morgan fingerprint density at radius 1 is 1.29 bits per heavy atom. The van der Waals surface area contributed by atoms with Crippen LogP contribution < -0.4 is 19.5 Å². The summed E-state index contributed by atoms with van der Waals surface area (Å²) < 4.78 is 16.5. The van der Waals surface area contributed by atoms with Gasteiger partial charge in [-0.05, 0) is 29.5 Å². The van der Waals surface area contributed by atoms with Gasteiger partial charge in [0.15, 0.2) is 11.5 Å². The lowest BCUT2D eigenvalue weighted by Crippen LogP contribution is -2.31. The number of ether oxygens (including phenoxy) is 3. The van der Waals surface area contributed by atoms with Crippen molar-refractivity contribution in [2.45, 2.75) is 19.9 Å². The SMILES string of the molecule is COc1cc(C(=O)N[C@H](c2cccs2)C(C)C)cc2c1OCCO2. The van der Waals surface area contributed by atoms with Crippen LogP contribution in [-0.2, 0) is 0 Å². The van der Waals surface area contributed by atoms with Crippen molar-refractivity contribution in [1.29, 1.82) is 0 Å². The Bertz CT molecular complexity index is 695. The first-order chi connectivity index (χ1) is 11.6. The van der Waals surface area contributed by atoms with Crippen molar-refractivity contribution in [2.75, 3.05) is 20.3 Å². The molecule has 1 aromatic carbocycles. The normalized spacial score (nSPS) is 14.3. The van der Waals surface area contributed by atoms with Crippen molar-refractivity contribution < 1.29 is 19.0 Å². The molecule has 2 heterocycles. The molecule has 0 radical (unpaired) electrons. The zero-order valence-corrected chi connectivity index (χ0v) is 14.8. The van der Waals surface area contributed by atoms with E-state index in [1.165, 1.54) is 0 Å². The van der Waals surface area contributed by atoms with E-state index in [2.05, 4.69) is 19.2 Å². The minimum Gasteiger partial charge on any atom is -0.493 e. The fourth-order valence-corrected chi connectivity index (χ4v) is 3.61. The molecule has 24 heavy (non-hydrogen) atoms.